The predicted molar refractivity (Wildman–Crippen MR) is 45.7 cm³/mol. The minimum Gasteiger partial charge on any atom is -0.206 e. The number of hydrogen-bond acceptors (Lipinski definition) is 0. The second kappa shape index (κ2) is 3.77. The lowest BCUT2D eigenvalue weighted by atomic mass is 10.1. The van der Waals surface area contributed by atoms with Gasteiger partial charge in [-0.15, -0.1) is 11.6 Å². The van der Waals surface area contributed by atoms with Gasteiger partial charge in [-0.1, -0.05) is 12.1 Å². The molecule has 0 heterocycles. The monoisotopic (exact) mass is 226 g/mol. The summed E-state index contributed by atoms with van der Waals surface area (Å²) in [4.78, 5) is 0. The molecule has 78 valence electrons. The molecule has 0 aliphatic heterocycles. The number of rotatable bonds is 1. The Morgan fingerprint density at radius 3 is 2.29 bits per heavy atom. The highest BCUT2D eigenvalue weighted by Crippen LogP contribution is 2.34. The molecule has 0 nitrogen and oxygen atoms in total. The molecule has 0 N–H and O–H groups in total. The summed E-state index contributed by atoms with van der Waals surface area (Å²) in [5, 5.41) is -0.780. The van der Waals surface area contributed by atoms with Crippen LogP contribution in [0.3, 0.4) is 0 Å². The number of benzene rings is 1. The first-order valence-corrected chi connectivity index (χ1v) is 4.27. The van der Waals surface area contributed by atoms with E-state index in [1.165, 1.54) is 13.0 Å². The molecule has 1 aromatic rings. The lowest BCUT2D eigenvalue weighted by Crippen LogP contribution is -2.09. The summed E-state index contributed by atoms with van der Waals surface area (Å²) in [6.45, 7) is 1.42. The van der Waals surface area contributed by atoms with Crippen molar-refractivity contribution in [1.29, 1.82) is 0 Å². The average Bonchev–Trinajstić information content (AvgIpc) is 2.01. The van der Waals surface area contributed by atoms with Crippen LogP contribution < -0.4 is 0 Å². The van der Waals surface area contributed by atoms with E-state index < -0.39 is 22.9 Å². The first-order valence-electron chi connectivity index (χ1n) is 3.83. The minimum absolute atomic E-state index is 0.138. The zero-order valence-corrected chi connectivity index (χ0v) is 7.96. The van der Waals surface area contributed by atoms with Crippen LogP contribution in [0.2, 0.25) is 0 Å². The van der Waals surface area contributed by atoms with Crippen LogP contribution >= 0.6 is 11.6 Å². The Morgan fingerprint density at radius 2 is 1.86 bits per heavy atom. The van der Waals surface area contributed by atoms with Gasteiger partial charge in [-0.05, 0) is 13.0 Å². The molecule has 0 saturated carbocycles. The fourth-order valence-corrected chi connectivity index (χ4v) is 1.24. The van der Waals surface area contributed by atoms with Gasteiger partial charge in [-0.25, -0.2) is 4.39 Å². The van der Waals surface area contributed by atoms with Crippen LogP contribution in [0.4, 0.5) is 17.6 Å². The molecule has 1 atom stereocenters. The quantitative estimate of drug-likeness (QED) is 0.499. The first-order chi connectivity index (χ1) is 6.34. The van der Waals surface area contributed by atoms with Gasteiger partial charge >= 0.3 is 6.18 Å². The average molecular weight is 227 g/mol. The van der Waals surface area contributed by atoms with E-state index in [1.54, 1.807) is 0 Å². The van der Waals surface area contributed by atoms with E-state index >= 15 is 0 Å². The van der Waals surface area contributed by atoms with Gasteiger partial charge in [0.2, 0.25) is 0 Å². The van der Waals surface area contributed by atoms with Gasteiger partial charge in [0.1, 0.15) is 5.82 Å². The first kappa shape index (κ1) is 11.3. The van der Waals surface area contributed by atoms with Crippen molar-refractivity contribution in [3.05, 3.63) is 35.1 Å². The van der Waals surface area contributed by atoms with Gasteiger partial charge in [-0.3, -0.25) is 0 Å². The van der Waals surface area contributed by atoms with Crippen LogP contribution in [0.5, 0.6) is 0 Å². The molecule has 0 saturated heterocycles. The summed E-state index contributed by atoms with van der Waals surface area (Å²) in [5.41, 5.74) is -1.41. The number of hydrogen-bond donors (Lipinski definition) is 0. The van der Waals surface area contributed by atoms with E-state index in [0.717, 1.165) is 6.07 Å². The number of halogens is 5. The summed E-state index contributed by atoms with van der Waals surface area (Å²) < 4.78 is 49.8. The SMILES string of the molecule is CC(Cl)c1cccc(C(F)(F)F)c1F. The standard InChI is InChI=1S/C9H7ClF4/c1-5(10)6-3-2-4-7(8(6)11)9(12,13)14/h2-5H,1H3. The summed E-state index contributed by atoms with van der Waals surface area (Å²) in [7, 11) is 0. The number of alkyl halides is 4. The summed E-state index contributed by atoms with van der Waals surface area (Å²) in [6, 6.07) is 3.07. The molecular formula is C9H7ClF4. The molecule has 0 amide bonds. The van der Waals surface area contributed by atoms with Gasteiger partial charge in [0, 0.05) is 5.56 Å². The van der Waals surface area contributed by atoms with Crippen LogP contribution in [0.25, 0.3) is 0 Å². The van der Waals surface area contributed by atoms with E-state index in [9.17, 15) is 17.6 Å². The van der Waals surface area contributed by atoms with Gasteiger partial charge in [0.05, 0.1) is 10.9 Å². The molecule has 0 aromatic heterocycles. The van der Waals surface area contributed by atoms with Crippen molar-refractivity contribution in [3.63, 3.8) is 0 Å². The van der Waals surface area contributed by atoms with Gasteiger partial charge in [0.25, 0.3) is 0 Å². The van der Waals surface area contributed by atoms with E-state index in [2.05, 4.69) is 0 Å². The Kier molecular flexibility index (Phi) is 3.04. The van der Waals surface area contributed by atoms with E-state index in [0.29, 0.717) is 6.07 Å². The second-order valence-corrected chi connectivity index (χ2v) is 3.48. The van der Waals surface area contributed by atoms with E-state index in [-0.39, 0.29) is 5.56 Å². The molecule has 0 spiro atoms. The van der Waals surface area contributed by atoms with Crippen molar-refractivity contribution in [2.45, 2.75) is 18.5 Å². The van der Waals surface area contributed by atoms with Crippen LogP contribution in [0, 0.1) is 5.82 Å². The van der Waals surface area contributed by atoms with E-state index in [1.807, 2.05) is 0 Å². The zero-order valence-electron chi connectivity index (χ0n) is 7.20. The van der Waals surface area contributed by atoms with Crippen LogP contribution in [0.1, 0.15) is 23.4 Å². The largest absolute Gasteiger partial charge is 0.419 e. The van der Waals surface area contributed by atoms with Crippen LogP contribution in [-0.2, 0) is 6.18 Å². The third-order valence-corrected chi connectivity index (χ3v) is 2.00. The van der Waals surface area contributed by atoms with Gasteiger partial charge in [-0.2, -0.15) is 13.2 Å². The molecule has 0 radical (unpaired) electrons. The highest BCUT2D eigenvalue weighted by molar-refractivity contribution is 6.20. The maximum absolute atomic E-state index is 13.2. The highest BCUT2D eigenvalue weighted by atomic mass is 35.5. The van der Waals surface area contributed by atoms with Gasteiger partial charge < -0.3 is 0 Å². The molecule has 0 aliphatic carbocycles. The Hall–Kier alpha value is -0.770. The Bertz CT molecular complexity index is 330. The van der Waals surface area contributed by atoms with Crippen molar-refractivity contribution >= 4 is 11.6 Å². The molecule has 1 aromatic carbocycles. The Morgan fingerprint density at radius 1 is 1.29 bits per heavy atom. The molecule has 0 aliphatic rings. The Labute approximate surface area is 83.5 Å². The van der Waals surface area contributed by atoms with Crippen LogP contribution in [-0.4, -0.2) is 0 Å². The van der Waals surface area contributed by atoms with E-state index in [4.69, 9.17) is 11.6 Å². The summed E-state index contributed by atoms with van der Waals surface area (Å²) >= 11 is 5.52. The summed E-state index contributed by atoms with van der Waals surface area (Å²) in [5.74, 6) is -1.29. The molecule has 5 heteroatoms. The third-order valence-electron chi connectivity index (χ3n) is 1.76. The van der Waals surface area contributed by atoms with Crippen LogP contribution in [0.15, 0.2) is 18.2 Å². The minimum atomic E-state index is -4.67. The van der Waals surface area contributed by atoms with Crippen molar-refractivity contribution in [2.75, 3.05) is 0 Å². The van der Waals surface area contributed by atoms with Gasteiger partial charge in [0.15, 0.2) is 0 Å². The second-order valence-electron chi connectivity index (χ2n) is 2.82. The smallest absolute Gasteiger partial charge is 0.206 e. The molecule has 1 rings (SSSR count). The molecular weight excluding hydrogens is 220 g/mol. The normalized spacial score (nSPS) is 14.1. The lowest BCUT2D eigenvalue weighted by Gasteiger charge is -2.11. The topological polar surface area (TPSA) is 0 Å². The summed E-state index contributed by atoms with van der Waals surface area (Å²) in [6.07, 6.45) is -4.67. The predicted octanol–water partition coefficient (Wildman–Crippen LogP) is 4.14. The Balaban J connectivity index is 3.28. The third kappa shape index (κ3) is 2.18. The van der Waals surface area contributed by atoms with Crippen molar-refractivity contribution in [3.8, 4) is 0 Å². The fourth-order valence-electron chi connectivity index (χ4n) is 1.08. The molecule has 0 fully saturated rings. The van der Waals surface area contributed by atoms with Crippen molar-refractivity contribution in [2.24, 2.45) is 0 Å². The highest BCUT2D eigenvalue weighted by Gasteiger charge is 2.35. The zero-order chi connectivity index (χ0) is 10.9. The fraction of sp³-hybridized carbons (Fsp3) is 0.333. The van der Waals surface area contributed by atoms with Crippen molar-refractivity contribution < 1.29 is 17.6 Å². The maximum atomic E-state index is 13.2. The molecule has 14 heavy (non-hydrogen) atoms. The maximum Gasteiger partial charge on any atom is 0.419 e. The molecule has 1 unspecified atom stereocenters. The molecule has 0 bridgehead atoms. The lowest BCUT2D eigenvalue weighted by molar-refractivity contribution is -0.140. The van der Waals surface area contributed by atoms with Crippen molar-refractivity contribution in [1.82, 2.24) is 0 Å².